The minimum absolute atomic E-state index is 0.360. The van der Waals surface area contributed by atoms with Gasteiger partial charge in [-0.1, -0.05) is 30.3 Å². The molecule has 3 aromatic rings. The van der Waals surface area contributed by atoms with Crippen LogP contribution in [0, 0.1) is 0 Å². The van der Waals surface area contributed by atoms with Crippen LogP contribution >= 0.6 is 0 Å². The fourth-order valence-electron chi connectivity index (χ4n) is 2.21. The molecule has 0 bridgehead atoms. The van der Waals surface area contributed by atoms with Crippen LogP contribution in [0.1, 0.15) is 15.9 Å². The van der Waals surface area contributed by atoms with Crippen molar-refractivity contribution in [3.05, 3.63) is 65.9 Å². The molecule has 0 aliphatic heterocycles. The van der Waals surface area contributed by atoms with E-state index in [0.717, 1.165) is 22.2 Å². The van der Waals surface area contributed by atoms with Gasteiger partial charge in [0.2, 0.25) is 0 Å². The highest BCUT2D eigenvalue weighted by Gasteiger charge is 2.12. The zero-order chi connectivity index (χ0) is 14.7. The van der Waals surface area contributed by atoms with E-state index in [2.05, 4.69) is 4.98 Å². The van der Waals surface area contributed by atoms with Crippen molar-refractivity contribution in [3.8, 4) is 5.75 Å². The molecular weight excluding hydrogens is 266 g/mol. The molecule has 4 nitrogen and oxygen atoms in total. The lowest BCUT2D eigenvalue weighted by atomic mass is 10.1. The zero-order valence-electron chi connectivity index (χ0n) is 11.6. The van der Waals surface area contributed by atoms with E-state index in [0.29, 0.717) is 12.2 Å². The average molecular weight is 281 g/mol. The highest BCUT2D eigenvalue weighted by Crippen LogP contribution is 2.24. The quantitative estimate of drug-likeness (QED) is 0.744. The van der Waals surface area contributed by atoms with E-state index in [-0.39, 0.29) is 5.97 Å². The van der Waals surface area contributed by atoms with Gasteiger partial charge in [-0.15, -0.1) is 0 Å². The molecule has 0 spiro atoms. The average Bonchev–Trinajstić information content (AvgIpc) is 2.96. The second-order valence-electron chi connectivity index (χ2n) is 4.68. The van der Waals surface area contributed by atoms with E-state index in [1.54, 1.807) is 6.20 Å². The molecule has 1 heterocycles. The van der Waals surface area contributed by atoms with Crippen molar-refractivity contribution in [2.75, 3.05) is 7.11 Å². The first-order chi connectivity index (χ1) is 10.3. The van der Waals surface area contributed by atoms with Gasteiger partial charge in [0.1, 0.15) is 12.4 Å². The molecule has 21 heavy (non-hydrogen) atoms. The smallest absolute Gasteiger partial charge is 0.340 e. The van der Waals surface area contributed by atoms with Crippen LogP contribution in [-0.4, -0.2) is 18.1 Å². The maximum atomic E-state index is 11.7. The van der Waals surface area contributed by atoms with Crippen molar-refractivity contribution >= 4 is 16.9 Å². The standard InChI is InChI=1S/C17H15NO3/c1-20-17(19)15-10-18-16-8-7-13(9-14(15)16)21-11-12-5-3-2-4-6-12/h2-10,18H,11H2,1H3. The van der Waals surface area contributed by atoms with E-state index in [1.807, 2.05) is 48.5 Å². The van der Waals surface area contributed by atoms with Gasteiger partial charge in [0.25, 0.3) is 0 Å². The summed E-state index contributed by atoms with van der Waals surface area (Å²) < 4.78 is 10.5. The Hall–Kier alpha value is -2.75. The lowest BCUT2D eigenvalue weighted by Crippen LogP contribution is -2.00. The van der Waals surface area contributed by atoms with Crippen LogP contribution in [0.5, 0.6) is 5.75 Å². The second kappa shape index (κ2) is 5.71. The normalized spacial score (nSPS) is 10.5. The van der Waals surface area contributed by atoms with Gasteiger partial charge >= 0.3 is 5.97 Å². The van der Waals surface area contributed by atoms with Crippen LogP contribution in [0.4, 0.5) is 0 Å². The molecule has 2 aromatic carbocycles. The van der Waals surface area contributed by atoms with Crippen molar-refractivity contribution in [1.82, 2.24) is 4.98 Å². The monoisotopic (exact) mass is 281 g/mol. The van der Waals surface area contributed by atoms with E-state index in [1.165, 1.54) is 7.11 Å². The summed E-state index contributed by atoms with van der Waals surface area (Å²) in [5.41, 5.74) is 2.49. The number of hydrogen-bond donors (Lipinski definition) is 1. The first-order valence-electron chi connectivity index (χ1n) is 6.64. The number of hydrogen-bond acceptors (Lipinski definition) is 3. The third kappa shape index (κ3) is 2.74. The Balaban J connectivity index is 1.84. The predicted octanol–water partition coefficient (Wildman–Crippen LogP) is 3.53. The number of H-pyrrole nitrogens is 1. The number of carbonyl (C=O) groups excluding carboxylic acids is 1. The van der Waals surface area contributed by atoms with Gasteiger partial charge in [0.05, 0.1) is 12.7 Å². The summed E-state index contributed by atoms with van der Waals surface area (Å²) in [5, 5.41) is 0.799. The lowest BCUT2D eigenvalue weighted by molar-refractivity contribution is 0.0603. The molecule has 4 heteroatoms. The molecule has 1 N–H and O–H groups in total. The van der Waals surface area contributed by atoms with Crippen molar-refractivity contribution in [2.45, 2.75) is 6.61 Å². The van der Waals surface area contributed by atoms with E-state index < -0.39 is 0 Å². The third-order valence-electron chi connectivity index (χ3n) is 3.31. The van der Waals surface area contributed by atoms with Gasteiger partial charge in [-0.25, -0.2) is 4.79 Å². The van der Waals surface area contributed by atoms with Crippen LogP contribution < -0.4 is 4.74 Å². The minimum atomic E-state index is -0.360. The van der Waals surface area contributed by atoms with Crippen molar-refractivity contribution in [2.24, 2.45) is 0 Å². The van der Waals surface area contributed by atoms with Crippen molar-refractivity contribution < 1.29 is 14.3 Å². The summed E-state index contributed by atoms with van der Waals surface area (Å²) in [5.74, 6) is 0.359. The Bertz CT molecular complexity index is 762. The maximum Gasteiger partial charge on any atom is 0.340 e. The first kappa shape index (κ1) is 13.2. The van der Waals surface area contributed by atoms with Gasteiger partial charge < -0.3 is 14.5 Å². The van der Waals surface area contributed by atoms with Crippen LogP contribution in [0.3, 0.4) is 0 Å². The van der Waals surface area contributed by atoms with Crippen LogP contribution in [0.15, 0.2) is 54.7 Å². The van der Waals surface area contributed by atoms with E-state index in [4.69, 9.17) is 9.47 Å². The lowest BCUT2D eigenvalue weighted by Gasteiger charge is -2.06. The Labute approximate surface area is 122 Å². The number of nitrogens with one attached hydrogen (secondary N) is 1. The van der Waals surface area contributed by atoms with Crippen LogP contribution in [0.2, 0.25) is 0 Å². The summed E-state index contributed by atoms with van der Waals surface area (Å²) in [4.78, 5) is 14.7. The van der Waals surface area contributed by atoms with Gasteiger partial charge in [-0.2, -0.15) is 0 Å². The topological polar surface area (TPSA) is 51.3 Å². The first-order valence-corrected chi connectivity index (χ1v) is 6.64. The minimum Gasteiger partial charge on any atom is -0.489 e. The Morgan fingerprint density at radius 3 is 2.71 bits per heavy atom. The molecule has 0 unspecified atom stereocenters. The molecule has 0 aliphatic carbocycles. The molecule has 0 fully saturated rings. The van der Waals surface area contributed by atoms with Gasteiger partial charge in [-0.05, 0) is 23.8 Å². The number of ether oxygens (including phenoxy) is 2. The fourth-order valence-corrected chi connectivity index (χ4v) is 2.21. The zero-order valence-corrected chi connectivity index (χ0v) is 11.6. The molecule has 1 aromatic heterocycles. The molecule has 0 radical (unpaired) electrons. The largest absolute Gasteiger partial charge is 0.489 e. The Kier molecular flexibility index (Phi) is 3.60. The number of methoxy groups -OCH3 is 1. The Morgan fingerprint density at radius 1 is 1.14 bits per heavy atom. The van der Waals surface area contributed by atoms with Crippen LogP contribution in [0.25, 0.3) is 10.9 Å². The van der Waals surface area contributed by atoms with Gasteiger partial charge in [0, 0.05) is 17.1 Å². The molecule has 0 amide bonds. The molecule has 0 atom stereocenters. The fraction of sp³-hybridized carbons (Fsp3) is 0.118. The number of fused-ring (bicyclic) bond motifs is 1. The van der Waals surface area contributed by atoms with Crippen molar-refractivity contribution in [3.63, 3.8) is 0 Å². The third-order valence-corrected chi connectivity index (χ3v) is 3.31. The highest BCUT2D eigenvalue weighted by atomic mass is 16.5. The van der Waals surface area contributed by atoms with Crippen LogP contribution in [-0.2, 0) is 11.3 Å². The molecule has 0 saturated carbocycles. The Morgan fingerprint density at radius 2 is 1.95 bits per heavy atom. The second-order valence-corrected chi connectivity index (χ2v) is 4.68. The number of aromatic nitrogens is 1. The number of aromatic amines is 1. The summed E-state index contributed by atoms with van der Waals surface area (Å²) in [7, 11) is 1.37. The molecule has 0 saturated heterocycles. The summed E-state index contributed by atoms with van der Waals surface area (Å²) in [6, 6.07) is 15.6. The molecular formula is C17H15NO3. The van der Waals surface area contributed by atoms with E-state index in [9.17, 15) is 4.79 Å². The molecule has 3 rings (SSSR count). The van der Waals surface area contributed by atoms with Gasteiger partial charge in [0.15, 0.2) is 0 Å². The number of esters is 1. The van der Waals surface area contributed by atoms with Crippen molar-refractivity contribution in [1.29, 1.82) is 0 Å². The summed E-state index contributed by atoms with van der Waals surface area (Å²) >= 11 is 0. The predicted molar refractivity (Wildman–Crippen MR) is 80.4 cm³/mol. The highest BCUT2D eigenvalue weighted by molar-refractivity contribution is 6.04. The maximum absolute atomic E-state index is 11.7. The summed E-state index contributed by atoms with van der Waals surface area (Å²) in [6.45, 7) is 0.490. The number of rotatable bonds is 4. The summed E-state index contributed by atoms with van der Waals surface area (Å²) in [6.07, 6.45) is 1.65. The number of benzene rings is 2. The number of carbonyl (C=O) groups is 1. The van der Waals surface area contributed by atoms with E-state index >= 15 is 0 Å². The van der Waals surface area contributed by atoms with Gasteiger partial charge in [-0.3, -0.25) is 0 Å². The SMILES string of the molecule is COC(=O)c1c[nH]c2ccc(OCc3ccccc3)cc12. The molecule has 0 aliphatic rings. The molecule has 106 valence electrons.